The molecule has 31 heavy (non-hydrogen) atoms. The van der Waals surface area contributed by atoms with Crippen LogP contribution in [0.3, 0.4) is 0 Å². The molecule has 8 heteroatoms. The van der Waals surface area contributed by atoms with Crippen LogP contribution in [0.5, 0.6) is 0 Å². The first-order valence-corrected chi connectivity index (χ1v) is 11.1. The molecule has 0 atom stereocenters. The number of carbonyl (C=O) groups excluding carboxylic acids is 4. The molecule has 4 aliphatic carbocycles. The Morgan fingerprint density at radius 2 is 1.65 bits per heavy atom. The number of amides is 4. The minimum atomic E-state index is -0.646. The summed E-state index contributed by atoms with van der Waals surface area (Å²) < 4.78 is 5.04. The fraction of sp³-hybridized carbons (Fsp3) is 0.565. The molecule has 0 aromatic heterocycles. The summed E-state index contributed by atoms with van der Waals surface area (Å²) in [6, 6.07) is 6.05. The number of ether oxygens (including phenoxy) is 1. The number of esters is 1. The van der Waals surface area contributed by atoms with Crippen LogP contribution in [0.2, 0.25) is 0 Å². The lowest BCUT2D eigenvalue weighted by molar-refractivity contribution is -0.140. The molecule has 1 aliphatic heterocycles. The Hall–Kier alpha value is -2.90. The van der Waals surface area contributed by atoms with Gasteiger partial charge in [0.15, 0.2) is 6.61 Å². The van der Waals surface area contributed by atoms with Crippen LogP contribution in [0.4, 0.5) is 10.5 Å². The van der Waals surface area contributed by atoms with E-state index in [9.17, 15) is 19.2 Å². The molecule has 0 unspecified atom stereocenters. The van der Waals surface area contributed by atoms with E-state index in [2.05, 4.69) is 10.6 Å². The average Bonchev–Trinajstić information content (AvgIpc) is 3.17. The maximum absolute atomic E-state index is 13.1. The molecule has 0 radical (unpaired) electrons. The summed E-state index contributed by atoms with van der Waals surface area (Å²) in [6.45, 7) is 0.180. The fourth-order valence-corrected chi connectivity index (χ4v) is 6.34. The summed E-state index contributed by atoms with van der Waals surface area (Å²) in [7, 11) is 0. The second-order valence-electron chi connectivity index (χ2n) is 9.58. The van der Waals surface area contributed by atoms with Gasteiger partial charge in [-0.25, -0.2) is 9.59 Å². The van der Waals surface area contributed by atoms with Crippen LogP contribution < -0.4 is 10.6 Å². The predicted octanol–water partition coefficient (Wildman–Crippen LogP) is 2.55. The predicted molar refractivity (Wildman–Crippen MR) is 111 cm³/mol. The Morgan fingerprint density at radius 3 is 2.19 bits per heavy atom. The molecule has 5 aliphatic rings. The molecule has 1 aromatic carbocycles. The van der Waals surface area contributed by atoms with Crippen molar-refractivity contribution in [1.82, 2.24) is 10.2 Å². The summed E-state index contributed by atoms with van der Waals surface area (Å²) in [6.07, 6.45) is 6.85. The van der Waals surface area contributed by atoms with E-state index in [0.717, 1.165) is 24.2 Å². The van der Waals surface area contributed by atoms with E-state index >= 15 is 0 Å². The maximum atomic E-state index is 13.1. The van der Waals surface area contributed by atoms with Crippen molar-refractivity contribution < 1.29 is 23.9 Å². The lowest BCUT2D eigenvalue weighted by atomic mass is 9.49. The van der Waals surface area contributed by atoms with E-state index in [-0.39, 0.29) is 23.4 Å². The molecular formula is C23H27N3O5. The van der Waals surface area contributed by atoms with Crippen LogP contribution in [-0.4, -0.2) is 48.4 Å². The van der Waals surface area contributed by atoms with Crippen LogP contribution >= 0.6 is 0 Å². The third-order valence-electron chi connectivity index (χ3n) is 7.38. The van der Waals surface area contributed by atoms with Crippen molar-refractivity contribution in [3.05, 3.63) is 29.8 Å². The minimum Gasteiger partial charge on any atom is -0.452 e. The highest BCUT2D eigenvalue weighted by Crippen LogP contribution is 2.60. The molecule has 8 nitrogen and oxygen atoms in total. The van der Waals surface area contributed by atoms with Gasteiger partial charge >= 0.3 is 12.0 Å². The van der Waals surface area contributed by atoms with Crippen molar-refractivity contribution in [2.45, 2.75) is 38.5 Å². The number of carbonyl (C=O) groups is 4. The number of nitrogens with one attached hydrogen (secondary N) is 2. The van der Waals surface area contributed by atoms with Gasteiger partial charge in [0.25, 0.3) is 5.91 Å². The third kappa shape index (κ3) is 3.79. The zero-order chi connectivity index (χ0) is 21.6. The summed E-state index contributed by atoms with van der Waals surface area (Å²) in [5.41, 5.74) is 0.711. The first-order valence-electron chi connectivity index (χ1n) is 11.1. The zero-order valence-electron chi connectivity index (χ0n) is 17.4. The molecule has 1 saturated heterocycles. The van der Waals surface area contributed by atoms with Gasteiger partial charge in [0.1, 0.15) is 0 Å². The van der Waals surface area contributed by atoms with Crippen molar-refractivity contribution in [3.8, 4) is 0 Å². The van der Waals surface area contributed by atoms with Crippen molar-refractivity contribution in [2.24, 2.45) is 23.2 Å². The summed E-state index contributed by atoms with van der Waals surface area (Å²) >= 11 is 0. The molecule has 5 fully saturated rings. The number of urea groups is 1. The van der Waals surface area contributed by atoms with Gasteiger partial charge in [-0.05, 0) is 80.5 Å². The van der Waals surface area contributed by atoms with Gasteiger partial charge in [0.05, 0.1) is 11.0 Å². The van der Waals surface area contributed by atoms with Crippen LogP contribution in [0.15, 0.2) is 24.3 Å². The first kappa shape index (κ1) is 20.0. The smallest absolute Gasteiger partial charge is 0.338 e. The third-order valence-corrected chi connectivity index (χ3v) is 7.38. The molecule has 1 aromatic rings. The van der Waals surface area contributed by atoms with E-state index in [1.165, 1.54) is 19.3 Å². The standard InChI is InChI=1S/C23H27N3O5/c27-19(26-6-5-24-22(26)30)13-31-20(28)17-1-3-18(4-2-17)25-21(29)23-10-14-7-15(11-23)9-16(8-14)12-23/h1-4,14-16H,5-13H2,(H,24,30)(H,25,29). The van der Waals surface area contributed by atoms with E-state index in [0.29, 0.717) is 30.0 Å². The molecule has 1 heterocycles. The van der Waals surface area contributed by atoms with E-state index in [1.807, 2.05) is 0 Å². The van der Waals surface area contributed by atoms with Gasteiger partial charge in [-0.1, -0.05) is 0 Å². The quantitative estimate of drug-likeness (QED) is 0.706. The molecule has 6 rings (SSSR count). The van der Waals surface area contributed by atoms with Crippen LogP contribution in [0, 0.1) is 23.2 Å². The maximum Gasteiger partial charge on any atom is 0.338 e. The van der Waals surface area contributed by atoms with E-state index in [4.69, 9.17) is 4.74 Å². The van der Waals surface area contributed by atoms with Crippen LogP contribution in [-0.2, 0) is 14.3 Å². The second kappa shape index (κ2) is 7.66. The van der Waals surface area contributed by atoms with Crippen molar-refractivity contribution in [1.29, 1.82) is 0 Å². The highest BCUT2D eigenvalue weighted by Gasteiger charge is 2.54. The Balaban J connectivity index is 1.16. The molecular weight excluding hydrogens is 398 g/mol. The summed E-state index contributed by atoms with van der Waals surface area (Å²) in [5.74, 6) is 1.00. The summed E-state index contributed by atoms with van der Waals surface area (Å²) in [5, 5.41) is 5.58. The molecule has 4 saturated carbocycles. The average molecular weight is 425 g/mol. The normalized spacial score (nSPS) is 30.8. The van der Waals surface area contributed by atoms with E-state index in [1.54, 1.807) is 24.3 Å². The highest BCUT2D eigenvalue weighted by atomic mass is 16.5. The molecule has 4 amide bonds. The van der Waals surface area contributed by atoms with Crippen molar-refractivity contribution in [3.63, 3.8) is 0 Å². The lowest BCUT2D eigenvalue weighted by Crippen LogP contribution is -2.51. The largest absolute Gasteiger partial charge is 0.452 e. The van der Waals surface area contributed by atoms with Gasteiger partial charge in [-0.3, -0.25) is 14.5 Å². The summed E-state index contributed by atoms with van der Waals surface area (Å²) in [4.78, 5) is 49.8. The first-order chi connectivity index (χ1) is 14.9. The van der Waals surface area contributed by atoms with Crippen LogP contribution in [0.1, 0.15) is 48.9 Å². The number of hydrogen-bond acceptors (Lipinski definition) is 5. The zero-order valence-corrected chi connectivity index (χ0v) is 17.4. The molecule has 4 bridgehead atoms. The van der Waals surface area contributed by atoms with Crippen molar-refractivity contribution >= 4 is 29.5 Å². The number of benzene rings is 1. The molecule has 2 N–H and O–H groups in total. The number of nitrogens with zero attached hydrogens (tertiary/aromatic N) is 1. The number of imide groups is 1. The van der Waals surface area contributed by atoms with Gasteiger partial charge in [0, 0.05) is 18.8 Å². The van der Waals surface area contributed by atoms with Gasteiger partial charge in [-0.15, -0.1) is 0 Å². The second-order valence-corrected chi connectivity index (χ2v) is 9.58. The number of anilines is 1. The fourth-order valence-electron chi connectivity index (χ4n) is 6.34. The minimum absolute atomic E-state index is 0.108. The van der Waals surface area contributed by atoms with Gasteiger partial charge in [-0.2, -0.15) is 0 Å². The lowest BCUT2D eigenvalue weighted by Gasteiger charge is -2.55. The highest BCUT2D eigenvalue weighted by molar-refractivity contribution is 5.99. The number of hydrogen-bond donors (Lipinski definition) is 2. The Labute approximate surface area is 180 Å². The SMILES string of the molecule is O=C(OCC(=O)N1CCNC1=O)c1ccc(NC(=O)C23CC4CC(CC(C4)C2)C3)cc1. The topological polar surface area (TPSA) is 105 Å². The Bertz CT molecular complexity index is 890. The van der Waals surface area contributed by atoms with Gasteiger partial charge in [0.2, 0.25) is 5.91 Å². The monoisotopic (exact) mass is 425 g/mol. The number of rotatable bonds is 5. The Morgan fingerprint density at radius 1 is 1.03 bits per heavy atom. The molecule has 0 spiro atoms. The molecule has 164 valence electrons. The van der Waals surface area contributed by atoms with Crippen LogP contribution in [0.25, 0.3) is 0 Å². The van der Waals surface area contributed by atoms with Crippen molar-refractivity contribution in [2.75, 3.05) is 25.0 Å². The van der Waals surface area contributed by atoms with E-state index < -0.39 is 24.5 Å². The Kier molecular flexibility index (Phi) is 4.95. The van der Waals surface area contributed by atoms with Gasteiger partial charge < -0.3 is 15.4 Å².